The van der Waals surface area contributed by atoms with Crippen LogP contribution in [-0.2, 0) is 12.8 Å². The zero-order valence-corrected chi connectivity index (χ0v) is 15.4. The van der Waals surface area contributed by atoms with E-state index < -0.39 is 0 Å². The van der Waals surface area contributed by atoms with Crippen molar-refractivity contribution < 1.29 is 0 Å². The topological polar surface area (TPSA) is 31.4 Å². The molecule has 1 aromatic heterocycles. The molecule has 1 fully saturated rings. The average molecular weight is 338 g/mol. The summed E-state index contributed by atoms with van der Waals surface area (Å²) in [5.74, 6) is 0. The molecule has 0 unspecified atom stereocenters. The molecular weight excluding hydrogens is 308 g/mol. The number of aryl methyl sites for hydroxylation is 1. The highest BCUT2D eigenvalue weighted by Crippen LogP contribution is 2.33. The molecule has 2 aromatic rings. The van der Waals surface area contributed by atoms with Gasteiger partial charge in [0.15, 0.2) is 0 Å². The van der Waals surface area contributed by atoms with Crippen LogP contribution in [0.2, 0.25) is 0 Å². The van der Waals surface area contributed by atoms with Crippen LogP contribution in [0.3, 0.4) is 0 Å². The summed E-state index contributed by atoms with van der Waals surface area (Å²) in [6.07, 6.45) is 6.07. The van der Waals surface area contributed by atoms with Crippen molar-refractivity contribution >= 4 is 16.6 Å². The van der Waals surface area contributed by atoms with Crippen molar-refractivity contribution in [3.05, 3.63) is 35.5 Å². The maximum atomic E-state index is 4.88. The maximum Gasteiger partial charge on any atom is 0.0726 e. The van der Waals surface area contributed by atoms with Crippen molar-refractivity contribution in [1.82, 2.24) is 14.8 Å². The minimum Gasteiger partial charge on any atom is -0.384 e. The fourth-order valence-electron chi connectivity index (χ4n) is 4.16. The summed E-state index contributed by atoms with van der Waals surface area (Å²) in [6, 6.07) is 8.58. The van der Waals surface area contributed by atoms with Crippen molar-refractivity contribution in [3.8, 4) is 0 Å². The molecule has 2 aliphatic rings. The van der Waals surface area contributed by atoms with E-state index in [0.717, 1.165) is 18.5 Å². The minimum atomic E-state index is 1.06. The number of anilines is 1. The lowest BCUT2D eigenvalue weighted by atomic mass is 10.1. The van der Waals surface area contributed by atoms with E-state index in [4.69, 9.17) is 4.98 Å². The van der Waals surface area contributed by atoms with Crippen LogP contribution in [0, 0.1) is 0 Å². The lowest BCUT2D eigenvalue weighted by molar-refractivity contribution is 0.152. The summed E-state index contributed by atoms with van der Waals surface area (Å²) >= 11 is 0. The number of fused-ring (bicyclic) bond motifs is 2. The van der Waals surface area contributed by atoms with Gasteiger partial charge in [-0.3, -0.25) is 4.98 Å². The number of para-hydroxylation sites is 1. The number of rotatable bonds is 6. The Bertz CT molecular complexity index is 719. The third-order valence-corrected chi connectivity index (χ3v) is 5.72. The van der Waals surface area contributed by atoms with E-state index in [9.17, 15) is 0 Å². The fourth-order valence-corrected chi connectivity index (χ4v) is 4.16. The van der Waals surface area contributed by atoms with E-state index in [1.807, 2.05) is 0 Å². The number of aromatic nitrogens is 1. The Kier molecular flexibility index (Phi) is 5.18. The number of nitrogens with one attached hydrogen (secondary N) is 1. The molecule has 0 amide bonds. The first-order chi connectivity index (χ1) is 12.3. The van der Waals surface area contributed by atoms with Gasteiger partial charge in [-0.2, -0.15) is 0 Å². The molecule has 4 heteroatoms. The van der Waals surface area contributed by atoms with Gasteiger partial charge in [-0.15, -0.1) is 0 Å². The van der Waals surface area contributed by atoms with Crippen LogP contribution in [0.5, 0.6) is 0 Å². The van der Waals surface area contributed by atoms with Crippen molar-refractivity contribution in [2.45, 2.75) is 32.1 Å². The van der Waals surface area contributed by atoms with Crippen LogP contribution in [0.4, 0.5) is 5.69 Å². The molecule has 0 radical (unpaired) electrons. The molecule has 1 saturated heterocycles. The standard InChI is InChI=1S/C21H30N4/c1-24-13-15-25(16-14-24)12-5-4-11-22-21-17-7-2-3-9-19(17)23-20-10-6-8-18(20)21/h2-3,7,9H,4-6,8,10-16H2,1H3,(H,22,23). The van der Waals surface area contributed by atoms with Crippen molar-refractivity contribution in [2.75, 3.05) is 51.6 Å². The van der Waals surface area contributed by atoms with Gasteiger partial charge in [-0.05, 0) is 57.3 Å². The number of pyridine rings is 1. The van der Waals surface area contributed by atoms with Crippen LogP contribution in [0.1, 0.15) is 30.5 Å². The Hall–Kier alpha value is -1.65. The summed E-state index contributed by atoms with van der Waals surface area (Å²) in [7, 11) is 2.22. The van der Waals surface area contributed by atoms with Gasteiger partial charge >= 0.3 is 0 Å². The van der Waals surface area contributed by atoms with E-state index >= 15 is 0 Å². The highest BCUT2D eigenvalue weighted by molar-refractivity contribution is 5.93. The Labute approximate surface area is 151 Å². The maximum absolute atomic E-state index is 4.88. The number of nitrogens with zero attached hydrogens (tertiary/aromatic N) is 3. The second-order valence-electron chi connectivity index (χ2n) is 7.56. The molecule has 25 heavy (non-hydrogen) atoms. The number of benzene rings is 1. The smallest absolute Gasteiger partial charge is 0.0726 e. The molecule has 0 bridgehead atoms. The van der Waals surface area contributed by atoms with E-state index in [2.05, 4.69) is 46.4 Å². The summed E-state index contributed by atoms with van der Waals surface area (Å²) in [4.78, 5) is 9.91. The number of likely N-dealkylation sites (N-methyl/N-ethyl adjacent to an activating group) is 1. The van der Waals surface area contributed by atoms with Crippen LogP contribution in [-0.4, -0.2) is 61.1 Å². The van der Waals surface area contributed by atoms with E-state index in [0.29, 0.717) is 0 Å². The number of piperazine rings is 1. The molecule has 0 spiro atoms. The molecule has 134 valence electrons. The van der Waals surface area contributed by atoms with Crippen molar-refractivity contribution in [2.24, 2.45) is 0 Å². The van der Waals surface area contributed by atoms with Gasteiger partial charge in [0.25, 0.3) is 0 Å². The number of unbranched alkanes of at least 4 members (excludes halogenated alkanes) is 1. The Morgan fingerprint density at radius 1 is 1.04 bits per heavy atom. The zero-order valence-electron chi connectivity index (χ0n) is 15.4. The zero-order chi connectivity index (χ0) is 17.1. The molecule has 1 aliphatic carbocycles. The Balaban J connectivity index is 1.34. The van der Waals surface area contributed by atoms with Crippen LogP contribution in [0.15, 0.2) is 24.3 Å². The van der Waals surface area contributed by atoms with E-state index in [1.165, 1.54) is 80.7 Å². The summed E-state index contributed by atoms with van der Waals surface area (Å²) in [6.45, 7) is 7.19. The molecular formula is C21H30N4. The minimum absolute atomic E-state index is 1.06. The molecule has 0 saturated carbocycles. The average Bonchev–Trinajstić information content (AvgIpc) is 3.10. The van der Waals surface area contributed by atoms with Crippen molar-refractivity contribution in [1.29, 1.82) is 0 Å². The number of hydrogen-bond acceptors (Lipinski definition) is 4. The first-order valence-electron chi connectivity index (χ1n) is 9.86. The van der Waals surface area contributed by atoms with Crippen LogP contribution in [0.25, 0.3) is 10.9 Å². The lowest BCUT2D eigenvalue weighted by Gasteiger charge is -2.32. The number of hydrogen-bond donors (Lipinski definition) is 1. The molecule has 1 aromatic carbocycles. The highest BCUT2D eigenvalue weighted by atomic mass is 15.2. The highest BCUT2D eigenvalue weighted by Gasteiger charge is 2.19. The summed E-state index contributed by atoms with van der Waals surface area (Å²) < 4.78 is 0. The first-order valence-corrected chi connectivity index (χ1v) is 9.86. The van der Waals surface area contributed by atoms with Gasteiger partial charge < -0.3 is 15.1 Å². The quantitative estimate of drug-likeness (QED) is 0.820. The normalized spacial score (nSPS) is 18.6. The third-order valence-electron chi connectivity index (χ3n) is 5.72. The monoisotopic (exact) mass is 338 g/mol. The predicted octanol–water partition coefficient (Wildman–Crippen LogP) is 3.16. The van der Waals surface area contributed by atoms with Gasteiger partial charge in [-0.1, -0.05) is 18.2 Å². The summed E-state index contributed by atoms with van der Waals surface area (Å²) in [5, 5.41) is 5.06. The largest absolute Gasteiger partial charge is 0.384 e. The van der Waals surface area contributed by atoms with Gasteiger partial charge in [0.2, 0.25) is 0 Å². The molecule has 1 N–H and O–H groups in total. The third kappa shape index (κ3) is 3.80. The van der Waals surface area contributed by atoms with Gasteiger partial charge in [0.1, 0.15) is 0 Å². The first kappa shape index (κ1) is 16.8. The van der Waals surface area contributed by atoms with Gasteiger partial charge in [-0.25, -0.2) is 0 Å². The van der Waals surface area contributed by atoms with Gasteiger partial charge in [0.05, 0.1) is 5.52 Å². The molecule has 4 nitrogen and oxygen atoms in total. The summed E-state index contributed by atoms with van der Waals surface area (Å²) in [5.41, 5.74) is 5.29. The van der Waals surface area contributed by atoms with Crippen molar-refractivity contribution in [3.63, 3.8) is 0 Å². The van der Waals surface area contributed by atoms with E-state index in [1.54, 1.807) is 0 Å². The molecule has 4 rings (SSSR count). The second kappa shape index (κ2) is 7.71. The van der Waals surface area contributed by atoms with E-state index in [-0.39, 0.29) is 0 Å². The second-order valence-corrected chi connectivity index (χ2v) is 7.56. The van der Waals surface area contributed by atoms with Crippen LogP contribution < -0.4 is 5.32 Å². The molecule has 2 heterocycles. The predicted molar refractivity (Wildman–Crippen MR) is 105 cm³/mol. The molecule has 0 atom stereocenters. The Morgan fingerprint density at radius 2 is 1.88 bits per heavy atom. The SMILES string of the molecule is CN1CCN(CCCCNc2c3c(nc4ccccc24)CCC3)CC1. The Morgan fingerprint density at radius 3 is 2.76 bits per heavy atom. The van der Waals surface area contributed by atoms with Gasteiger partial charge in [0, 0.05) is 49.5 Å². The van der Waals surface area contributed by atoms with Crippen LogP contribution >= 0.6 is 0 Å². The fraction of sp³-hybridized carbons (Fsp3) is 0.571. The molecule has 1 aliphatic heterocycles. The lowest BCUT2D eigenvalue weighted by Crippen LogP contribution is -2.44.